The quantitative estimate of drug-likeness (QED) is 0.621. The number of benzene rings is 1. The fourth-order valence-electron chi connectivity index (χ4n) is 1.95. The maximum Gasteiger partial charge on any atom is 0.189 e. The number of ether oxygens (including phenoxy) is 2. The first kappa shape index (κ1) is 13.8. The summed E-state index contributed by atoms with van der Waals surface area (Å²) in [5.41, 5.74) is 7.88. The van der Waals surface area contributed by atoms with E-state index in [1.165, 1.54) is 12.8 Å². The molecule has 1 aromatic rings. The van der Waals surface area contributed by atoms with Crippen LogP contribution in [-0.2, 0) is 11.2 Å². The molecule has 100 valence electrons. The number of halogens is 1. The summed E-state index contributed by atoms with van der Waals surface area (Å²) < 4.78 is 12.3. The van der Waals surface area contributed by atoms with Crippen molar-refractivity contribution in [2.75, 3.05) is 19.9 Å². The minimum absolute atomic E-state index is 0.330. The van der Waals surface area contributed by atoms with Gasteiger partial charge in [0.05, 0.1) is 6.61 Å². The second kappa shape index (κ2) is 6.55. The second-order valence-corrected chi connectivity index (χ2v) is 5.74. The highest BCUT2D eigenvalue weighted by Crippen LogP contribution is 2.30. The molecule has 0 unspecified atom stereocenters. The van der Waals surface area contributed by atoms with Crippen molar-refractivity contribution in [3.8, 4) is 5.75 Å². The SMILES string of the molecule is Cc1cc(Br)cc(CCN)c1OCOCC1CC1. The third-order valence-electron chi connectivity index (χ3n) is 3.07. The molecule has 0 atom stereocenters. The van der Waals surface area contributed by atoms with Crippen molar-refractivity contribution in [3.05, 3.63) is 27.7 Å². The van der Waals surface area contributed by atoms with Crippen LogP contribution < -0.4 is 10.5 Å². The zero-order valence-electron chi connectivity index (χ0n) is 10.7. The monoisotopic (exact) mass is 313 g/mol. The molecule has 2 rings (SSSR count). The van der Waals surface area contributed by atoms with E-state index in [1.54, 1.807) is 0 Å². The van der Waals surface area contributed by atoms with Crippen LogP contribution in [0.15, 0.2) is 16.6 Å². The summed E-state index contributed by atoms with van der Waals surface area (Å²) in [5, 5.41) is 0. The molecule has 0 bridgehead atoms. The van der Waals surface area contributed by atoms with E-state index >= 15 is 0 Å². The Bertz CT molecular complexity index is 405. The van der Waals surface area contributed by atoms with E-state index in [9.17, 15) is 0 Å². The second-order valence-electron chi connectivity index (χ2n) is 4.83. The fraction of sp³-hybridized carbons (Fsp3) is 0.571. The van der Waals surface area contributed by atoms with Crippen LogP contribution in [0.3, 0.4) is 0 Å². The van der Waals surface area contributed by atoms with Gasteiger partial charge in [-0.3, -0.25) is 0 Å². The van der Waals surface area contributed by atoms with Gasteiger partial charge in [0.25, 0.3) is 0 Å². The highest BCUT2D eigenvalue weighted by molar-refractivity contribution is 9.10. The first-order valence-electron chi connectivity index (χ1n) is 6.40. The number of aryl methyl sites for hydroxylation is 1. The molecule has 18 heavy (non-hydrogen) atoms. The normalized spacial score (nSPS) is 14.8. The molecule has 0 amide bonds. The highest BCUT2D eigenvalue weighted by atomic mass is 79.9. The van der Waals surface area contributed by atoms with Gasteiger partial charge in [-0.15, -0.1) is 0 Å². The summed E-state index contributed by atoms with van der Waals surface area (Å²) in [7, 11) is 0. The smallest absolute Gasteiger partial charge is 0.189 e. The lowest BCUT2D eigenvalue weighted by Gasteiger charge is -2.14. The maximum absolute atomic E-state index is 5.76. The molecule has 0 heterocycles. The number of hydrogen-bond acceptors (Lipinski definition) is 3. The Hall–Kier alpha value is -0.580. The van der Waals surface area contributed by atoms with Gasteiger partial charge in [-0.2, -0.15) is 0 Å². The Morgan fingerprint density at radius 3 is 2.83 bits per heavy atom. The average Bonchev–Trinajstić information content (AvgIpc) is 3.11. The Balaban J connectivity index is 1.95. The Morgan fingerprint density at radius 2 is 2.17 bits per heavy atom. The van der Waals surface area contributed by atoms with E-state index in [2.05, 4.69) is 28.1 Å². The van der Waals surface area contributed by atoms with Gasteiger partial charge in [0.1, 0.15) is 5.75 Å². The van der Waals surface area contributed by atoms with Crippen molar-refractivity contribution < 1.29 is 9.47 Å². The van der Waals surface area contributed by atoms with Crippen LogP contribution in [0.2, 0.25) is 0 Å². The zero-order chi connectivity index (χ0) is 13.0. The molecule has 1 aliphatic carbocycles. The van der Waals surface area contributed by atoms with E-state index in [4.69, 9.17) is 15.2 Å². The van der Waals surface area contributed by atoms with Crippen molar-refractivity contribution in [1.29, 1.82) is 0 Å². The number of hydrogen-bond donors (Lipinski definition) is 1. The lowest BCUT2D eigenvalue weighted by Crippen LogP contribution is -2.10. The van der Waals surface area contributed by atoms with E-state index in [0.717, 1.165) is 40.3 Å². The predicted molar refractivity (Wildman–Crippen MR) is 75.8 cm³/mol. The zero-order valence-corrected chi connectivity index (χ0v) is 12.3. The van der Waals surface area contributed by atoms with Gasteiger partial charge in [-0.25, -0.2) is 0 Å². The molecule has 0 aromatic heterocycles. The summed E-state index contributed by atoms with van der Waals surface area (Å²) in [4.78, 5) is 0. The summed E-state index contributed by atoms with van der Waals surface area (Å²) in [6, 6.07) is 4.12. The van der Waals surface area contributed by atoms with Crippen molar-refractivity contribution in [2.24, 2.45) is 11.7 Å². The molecule has 1 fully saturated rings. The van der Waals surface area contributed by atoms with Crippen LogP contribution in [0.1, 0.15) is 24.0 Å². The first-order chi connectivity index (χ1) is 8.70. The number of rotatable bonds is 7. The third kappa shape index (κ3) is 3.97. The van der Waals surface area contributed by atoms with Gasteiger partial charge in [0.2, 0.25) is 0 Å². The van der Waals surface area contributed by atoms with Crippen molar-refractivity contribution in [1.82, 2.24) is 0 Å². The predicted octanol–water partition coefficient (Wildman–Crippen LogP) is 3.02. The molecule has 0 radical (unpaired) electrons. The van der Waals surface area contributed by atoms with Crippen molar-refractivity contribution in [2.45, 2.75) is 26.2 Å². The molecular weight excluding hydrogens is 294 g/mol. The van der Waals surface area contributed by atoms with Gasteiger partial charge < -0.3 is 15.2 Å². The maximum atomic E-state index is 5.76. The molecule has 0 aliphatic heterocycles. The standard InChI is InChI=1S/C14H20BrNO2/c1-10-6-13(15)7-12(4-5-16)14(10)18-9-17-8-11-2-3-11/h6-7,11H,2-5,8-9,16H2,1H3. The number of nitrogens with two attached hydrogens (primary N) is 1. The molecule has 2 N–H and O–H groups in total. The van der Waals surface area contributed by atoms with Gasteiger partial charge in [0.15, 0.2) is 6.79 Å². The van der Waals surface area contributed by atoms with Gasteiger partial charge >= 0.3 is 0 Å². The third-order valence-corrected chi connectivity index (χ3v) is 3.52. The minimum Gasteiger partial charge on any atom is -0.467 e. The van der Waals surface area contributed by atoms with Crippen LogP contribution >= 0.6 is 15.9 Å². The van der Waals surface area contributed by atoms with Gasteiger partial charge in [-0.1, -0.05) is 15.9 Å². The van der Waals surface area contributed by atoms with Gasteiger partial charge in [-0.05, 0) is 61.9 Å². The van der Waals surface area contributed by atoms with Gasteiger partial charge in [0, 0.05) is 4.47 Å². The molecule has 3 nitrogen and oxygen atoms in total. The van der Waals surface area contributed by atoms with E-state index in [-0.39, 0.29) is 0 Å². The Morgan fingerprint density at radius 1 is 1.39 bits per heavy atom. The minimum atomic E-state index is 0.330. The summed E-state index contributed by atoms with van der Waals surface area (Å²) in [5.74, 6) is 1.68. The van der Waals surface area contributed by atoms with E-state index in [0.29, 0.717) is 13.3 Å². The molecule has 1 aromatic carbocycles. The van der Waals surface area contributed by atoms with Crippen LogP contribution in [-0.4, -0.2) is 19.9 Å². The lowest BCUT2D eigenvalue weighted by atomic mass is 10.1. The average molecular weight is 314 g/mol. The van der Waals surface area contributed by atoms with Crippen LogP contribution in [0, 0.1) is 12.8 Å². The summed E-state index contributed by atoms with van der Waals surface area (Å²) >= 11 is 3.50. The Kier molecular flexibility index (Phi) is 5.03. The highest BCUT2D eigenvalue weighted by Gasteiger charge is 2.21. The van der Waals surface area contributed by atoms with Crippen LogP contribution in [0.5, 0.6) is 5.75 Å². The van der Waals surface area contributed by atoms with Crippen molar-refractivity contribution in [3.63, 3.8) is 0 Å². The fourth-order valence-corrected chi connectivity index (χ4v) is 2.57. The molecule has 0 saturated heterocycles. The van der Waals surface area contributed by atoms with E-state index < -0.39 is 0 Å². The molecule has 4 heteroatoms. The van der Waals surface area contributed by atoms with E-state index in [1.807, 2.05) is 6.92 Å². The molecule has 0 spiro atoms. The van der Waals surface area contributed by atoms with Crippen LogP contribution in [0.4, 0.5) is 0 Å². The topological polar surface area (TPSA) is 44.5 Å². The van der Waals surface area contributed by atoms with Crippen LogP contribution in [0.25, 0.3) is 0 Å². The summed E-state index contributed by atoms with van der Waals surface area (Å²) in [6.45, 7) is 3.81. The van der Waals surface area contributed by atoms with Crippen molar-refractivity contribution >= 4 is 15.9 Å². The molecular formula is C14H20BrNO2. The largest absolute Gasteiger partial charge is 0.467 e. The molecule has 1 saturated carbocycles. The molecule has 1 aliphatic rings. The first-order valence-corrected chi connectivity index (χ1v) is 7.19. The Labute approximate surface area is 117 Å². The lowest BCUT2D eigenvalue weighted by molar-refractivity contribution is 0.00909. The summed E-state index contributed by atoms with van der Waals surface area (Å²) in [6.07, 6.45) is 3.42.